The summed E-state index contributed by atoms with van der Waals surface area (Å²) in [5, 5.41) is 4.05. The lowest BCUT2D eigenvalue weighted by Crippen LogP contribution is -2.45. The van der Waals surface area contributed by atoms with Crippen LogP contribution in [0.5, 0.6) is 0 Å². The molecule has 25 heavy (non-hydrogen) atoms. The number of Topliss-reactive ketones (excluding diaryl/α,β-unsaturated/α-hetero) is 2. The Hall–Kier alpha value is -1.97. The summed E-state index contributed by atoms with van der Waals surface area (Å²) >= 11 is 0. The van der Waals surface area contributed by atoms with Crippen LogP contribution in [0, 0.1) is 19.8 Å². The quantitative estimate of drug-likeness (QED) is 0.475. The minimum Gasteiger partial charge on any atom is -0.396 e. The van der Waals surface area contributed by atoms with Gasteiger partial charge in [-0.2, -0.15) is 0 Å². The summed E-state index contributed by atoms with van der Waals surface area (Å²) in [5.74, 6) is -0.703. The molecule has 1 aromatic carbocycles. The van der Waals surface area contributed by atoms with Crippen LogP contribution in [0.15, 0.2) is 17.3 Å². The molecule has 0 N–H and O–H groups in total. The Morgan fingerprint density at radius 3 is 2.48 bits per heavy atom. The van der Waals surface area contributed by atoms with Crippen molar-refractivity contribution in [2.24, 2.45) is 11.1 Å². The highest BCUT2D eigenvalue weighted by molar-refractivity contribution is 6.22. The van der Waals surface area contributed by atoms with Crippen molar-refractivity contribution in [1.82, 2.24) is 0 Å². The first-order valence-electron chi connectivity index (χ1n) is 9.26. The molecule has 2 aliphatic rings. The molecule has 2 aliphatic carbocycles. The molecule has 0 radical (unpaired) electrons. The van der Waals surface area contributed by atoms with Gasteiger partial charge < -0.3 is 4.84 Å². The first kappa shape index (κ1) is 17.8. The fraction of sp³-hybridized carbons (Fsp3) is 0.571. The summed E-state index contributed by atoms with van der Waals surface area (Å²) in [6, 6.07) is 4.38. The maximum atomic E-state index is 13.0. The Morgan fingerprint density at radius 2 is 1.88 bits per heavy atom. The summed E-state index contributed by atoms with van der Waals surface area (Å²) < 4.78 is 0. The SMILES string of the molecule is CCON=C(CC)C1C(=O)CC2(CCc3cc(C)cc(C)c32)CC1=O. The average Bonchev–Trinajstić information content (AvgIpc) is 2.87. The van der Waals surface area contributed by atoms with Crippen molar-refractivity contribution < 1.29 is 14.4 Å². The molecule has 1 fully saturated rings. The zero-order valence-corrected chi connectivity index (χ0v) is 15.6. The summed E-state index contributed by atoms with van der Waals surface area (Å²) in [5.41, 5.74) is 5.29. The lowest BCUT2D eigenvalue weighted by molar-refractivity contribution is -0.135. The number of carbonyl (C=O) groups excluding carboxylic acids is 2. The lowest BCUT2D eigenvalue weighted by atomic mass is 9.64. The molecule has 0 aliphatic heterocycles. The molecule has 3 rings (SSSR count). The number of fused-ring (bicyclic) bond motifs is 2. The zero-order chi connectivity index (χ0) is 18.2. The van der Waals surface area contributed by atoms with Crippen LogP contribution in [0.2, 0.25) is 0 Å². The van der Waals surface area contributed by atoms with Gasteiger partial charge in [0.15, 0.2) is 0 Å². The maximum Gasteiger partial charge on any atom is 0.150 e. The molecule has 0 bridgehead atoms. The van der Waals surface area contributed by atoms with Crippen LogP contribution >= 0.6 is 0 Å². The van der Waals surface area contributed by atoms with Crippen molar-refractivity contribution in [2.75, 3.05) is 6.61 Å². The highest BCUT2D eigenvalue weighted by atomic mass is 16.6. The van der Waals surface area contributed by atoms with Crippen LogP contribution in [0.4, 0.5) is 0 Å². The van der Waals surface area contributed by atoms with E-state index in [4.69, 9.17) is 4.84 Å². The first-order valence-corrected chi connectivity index (χ1v) is 9.26. The third-order valence-corrected chi connectivity index (χ3v) is 5.64. The lowest BCUT2D eigenvalue weighted by Gasteiger charge is -2.37. The van der Waals surface area contributed by atoms with E-state index in [2.05, 4.69) is 31.1 Å². The van der Waals surface area contributed by atoms with Gasteiger partial charge in [-0.25, -0.2) is 0 Å². The van der Waals surface area contributed by atoms with Crippen molar-refractivity contribution in [2.45, 2.75) is 65.2 Å². The van der Waals surface area contributed by atoms with Crippen molar-refractivity contribution >= 4 is 17.3 Å². The molecule has 0 saturated heterocycles. The van der Waals surface area contributed by atoms with Crippen LogP contribution in [0.1, 0.15) is 61.8 Å². The Labute approximate surface area is 149 Å². The number of carbonyl (C=O) groups is 2. The predicted octanol–water partition coefficient (Wildman–Crippen LogP) is 3.84. The van der Waals surface area contributed by atoms with Crippen LogP contribution in [0.3, 0.4) is 0 Å². The molecule has 1 aromatic rings. The highest BCUT2D eigenvalue weighted by Gasteiger charge is 2.50. The molecule has 4 heteroatoms. The fourth-order valence-corrected chi connectivity index (χ4v) is 4.82. The van der Waals surface area contributed by atoms with Gasteiger partial charge in [0.2, 0.25) is 0 Å². The molecule has 0 heterocycles. The molecule has 1 spiro atoms. The number of aryl methyl sites for hydroxylation is 3. The van der Waals surface area contributed by atoms with Gasteiger partial charge in [-0.15, -0.1) is 0 Å². The van der Waals surface area contributed by atoms with Gasteiger partial charge >= 0.3 is 0 Å². The summed E-state index contributed by atoms with van der Waals surface area (Å²) in [4.78, 5) is 31.0. The van der Waals surface area contributed by atoms with E-state index in [1.807, 2.05) is 13.8 Å². The molecule has 0 aromatic heterocycles. The smallest absolute Gasteiger partial charge is 0.150 e. The monoisotopic (exact) mass is 341 g/mol. The van der Waals surface area contributed by atoms with Gasteiger partial charge in [0.1, 0.15) is 24.1 Å². The standard InChI is InChI=1S/C21H27NO3/c1-5-16(22-25-6-2)19-17(23)11-21(12-18(19)24)8-7-15-10-13(3)9-14(4)20(15)21/h9-10,19H,5-8,11-12H2,1-4H3. The third kappa shape index (κ3) is 3.03. The second-order valence-electron chi connectivity index (χ2n) is 7.47. The van der Waals surface area contributed by atoms with E-state index in [0.717, 1.165) is 12.8 Å². The maximum absolute atomic E-state index is 13.0. The van der Waals surface area contributed by atoms with E-state index >= 15 is 0 Å². The first-order chi connectivity index (χ1) is 11.9. The van der Waals surface area contributed by atoms with E-state index in [9.17, 15) is 9.59 Å². The van der Waals surface area contributed by atoms with Gasteiger partial charge in [-0.3, -0.25) is 9.59 Å². The molecular formula is C21H27NO3. The van der Waals surface area contributed by atoms with E-state index < -0.39 is 5.92 Å². The number of nitrogens with zero attached hydrogens (tertiary/aromatic N) is 1. The van der Waals surface area contributed by atoms with Gasteiger partial charge in [0.25, 0.3) is 0 Å². The molecule has 134 valence electrons. The highest BCUT2D eigenvalue weighted by Crippen LogP contribution is 2.49. The summed E-state index contributed by atoms with van der Waals surface area (Å²) in [6.07, 6.45) is 3.28. The van der Waals surface area contributed by atoms with Gasteiger partial charge in [0.05, 0.1) is 5.71 Å². The molecular weight excluding hydrogens is 314 g/mol. The van der Waals surface area contributed by atoms with Crippen molar-refractivity contribution in [3.63, 3.8) is 0 Å². The van der Waals surface area contributed by atoms with Gasteiger partial charge in [-0.05, 0) is 56.7 Å². The number of oxime groups is 1. The van der Waals surface area contributed by atoms with Crippen molar-refractivity contribution in [1.29, 1.82) is 0 Å². The van der Waals surface area contributed by atoms with E-state index in [-0.39, 0.29) is 17.0 Å². The number of hydrogen-bond acceptors (Lipinski definition) is 4. The van der Waals surface area contributed by atoms with Crippen molar-refractivity contribution in [3.05, 3.63) is 34.4 Å². The Balaban J connectivity index is 1.95. The summed E-state index contributed by atoms with van der Waals surface area (Å²) in [6.45, 7) is 8.41. The Morgan fingerprint density at radius 1 is 1.20 bits per heavy atom. The van der Waals surface area contributed by atoms with Crippen LogP contribution in [0.25, 0.3) is 0 Å². The number of benzene rings is 1. The van der Waals surface area contributed by atoms with Crippen molar-refractivity contribution in [3.8, 4) is 0 Å². The Bertz CT molecular complexity index is 730. The number of ketones is 2. The molecule has 0 unspecified atom stereocenters. The fourth-order valence-electron chi connectivity index (χ4n) is 4.82. The molecule has 4 nitrogen and oxygen atoms in total. The van der Waals surface area contributed by atoms with E-state index in [0.29, 0.717) is 31.6 Å². The zero-order valence-electron chi connectivity index (χ0n) is 15.6. The normalized spacial score (nSPS) is 26.2. The molecule has 1 saturated carbocycles. The Kier molecular flexibility index (Phi) is 4.81. The third-order valence-electron chi connectivity index (χ3n) is 5.64. The van der Waals surface area contributed by atoms with E-state index in [1.165, 1.54) is 22.3 Å². The van der Waals surface area contributed by atoms with Crippen LogP contribution in [-0.4, -0.2) is 23.9 Å². The van der Waals surface area contributed by atoms with Gasteiger partial charge in [0, 0.05) is 18.3 Å². The van der Waals surface area contributed by atoms with Crippen LogP contribution in [-0.2, 0) is 26.3 Å². The van der Waals surface area contributed by atoms with E-state index in [1.54, 1.807) is 0 Å². The molecule has 0 atom stereocenters. The largest absolute Gasteiger partial charge is 0.396 e. The second-order valence-corrected chi connectivity index (χ2v) is 7.47. The van der Waals surface area contributed by atoms with Crippen LogP contribution < -0.4 is 0 Å². The molecule has 0 amide bonds. The number of rotatable bonds is 4. The number of hydrogen-bond donors (Lipinski definition) is 0. The minimum absolute atomic E-state index is 0.00405. The topological polar surface area (TPSA) is 55.7 Å². The summed E-state index contributed by atoms with van der Waals surface area (Å²) in [7, 11) is 0. The predicted molar refractivity (Wildman–Crippen MR) is 98.0 cm³/mol. The average molecular weight is 341 g/mol. The minimum atomic E-state index is -0.711. The van der Waals surface area contributed by atoms with Gasteiger partial charge in [-0.1, -0.05) is 29.8 Å². The second kappa shape index (κ2) is 6.74.